The zero-order valence-corrected chi connectivity index (χ0v) is 15.3. The number of aliphatic imine (C=N–C) groups is 1. The van der Waals surface area contributed by atoms with Gasteiger partial charge in [-0.2, -0.15) is 0 Å². The van der Waals surface area contributed by atoms with Gasteiger partial charge >= 0.3 is 0 Å². The molecule has 2 aromatic carbocycles. The minimum atomic E-state index is 0.593. The second-order valence-corrected chi connectivity index (χ2v) is 6.36. The molecule has 5 heteroatoms. The van der Waals surface area contributed by atoms with Gasteiger partial charge in [-0.1, -0.05) is 29.3 Å². The van der Waals surface area contributed by atoms with E-state index in [1.54, 1.807) is 6.34 Å². The van der Waals surface area contributed by atoms with Gasteiger partial charge in [0.2, 0.25) is 0 Å². The third-order valence-corrected chi connectivity index (χ3v) is 4.19. The van der Waals surface area contributed by atoms with Crippen molar-refractivity contribution in [1.82, 2.24) is 4.90 Å². The summed E-state index contributed by atoms with van der Waals surface area (Å²) in [6.07, 6.45) is 1.79. The van der Waals surface area contributed by atoms with E-state index in [-0.39, 0.29) is 0 Å². The first-order valence-corrected chi connectivity index (χ1v) is 8.24. The second-order valence-electron chi connectivity index (χ2n) is 5.55. The van der Waals surface area contributed by atoms with Gasteiger partial charge in [-0.15, -0.1) is 0 Å². The van der Waals surface area contributed by atoms with E-state index in [2.05, 4.69) is 17.2 Å². The average Bonchev–Trinajstić information content (AvgIpc) is 2.52. The maximum absolute atomic E-state index is 6.52. The van der Waals surface area contributed by atoms with Crippen LogP contribution >= 0.6 is 23.2 Å². The van der Waals surface area contributed by atoms with Gasteiger partial charge < -0.3 is 10.2 Å². The van der Waals surface area contributed by atoms with Crippen LogP contribution in [0.3, 0.4) is 0 Å². The Morgan fingerprint density at radius 3 is 2.57 bits per heavy atom. The maximum Gasteiger partial charge on any atom is 0.0910 e. The molecule has 2 aromatic rings. The summed E-state index contributed by atoms with van der Waals surface area (Å²) >= 11 is 12.6. The summed E-state index contributed by atoms with van der Waals surface area (Å²) in [5.74, 6) is 0. The first kappa shape index (κ1) is 17.6. The van der Waals surface area contributed by atoms with Crippen molar-refractivity contribution in [3.63, 3.8) is 0 Å². The van der Waals surface area contributed by atoms with E-state index in [9.17, 15) is 0 Å². The summed E-state index contributed by atoms with van der Waals surface area (Å²) in [6, 6.07) is 9.72. The van der Waals surface area contributed by atoms with Crippen LogP contribution < -0.4 is 5.32 Å². The van der Waals surface area contributed by atoms with Crippen molar-refractivity contribution in [2.45, 2.75) is 20.8 Å². The van der Waals surface area contributed by atoms with Crippen molar-refractivity contribution in [1.29, 1.82) is 0 Å². The Balaban J connectivity index is 2.37. The molecule has 0 bridgehead atoms. The molecule has 23 heavy (non-hydrogen) atoms. The van der Waals surface area contributed by atoms with Crippen LogP contribution in [0.1, 0.15) is 18.1 Å². The average molecular weight is 350 g/mol. The lowest BCUT2D eigenvalue weighted by atomic mass is 10.1. The van der Waals surface area contributed by atoms with Gasteiger partial charge in [0, 0.05) is 24.3 Å². The Kier molecular flexibility index (Phi) is 5.91. The number of aryl methyl sites for hydroxylation is 2. The molecule has 0 atom stereocenters. The molecule has 122 valence electrons. The number of benzene rings is 2. The summed E-state index contributed by atoms with van der Waals surface area (Å²) in [7, 11) is 1.97. The van der Waals surface area contributed by atoms with E-state index >= 15 is 0 Å². The lowest BCUT2D eigenvalue weighted by Crippen LogP contribution is -2.14. The number of hydrogen-bond donors (Lipinski definition) is 1. The fourth-order valence-electron chi connectivity index (χ4n) is 2.05. The molecular formula is C18H21Cl2N3. The van der Waals surface area contributed by atoms with E-state index in [0.717, 1.165) is 34.7 Å². The number of nitrogens with zero attached hydrogens (tertiary/aromatic N) is 2. The Labute approximate surface area is 147 Å². The van der Waals surface area contributed by atoms with Gasteiger partial charge in [-0.05, 0) is 56.2 Å². The lowest BCUT2D eigenvalue weighted by Gasteiger charge is -2.14. The minimum absolute atomic E-state index is 0.593. The van der Waals surface area contributed by atoms with Crippen molar-refractivity contribution < 1.29 is 0 Å². The van der Waals surface area contributed by atoms with Crippen LogP contribution in [0.15, 0.2) is 35.3 Å². The molecule has 0 saturated heterocycles. The highest BCUT2D eigenvalue weighted by Gasteiger charge is 2.09. The molecule has 0 fully saturated rings. The van der Waals surface area contributed by atoms with E-state index in [0.29, 0.717) is 10.0 Å². The molecule has 0 unspecified atom stereocenters. The normalized spacial score (nSPS) is 11.0. The van der Waals surface area contributed by atoms with Gasteiger partial charge in [-0.25, -0.2) is 4.99 Å². The summed E-state index contributed by atoms with van der Waals surface area (Å²) < 4.78 is 0. The SMILES string of the molecule is CCN(C)/C=N\c1cc(C)cc(Nc2cc(Cl)ccc2C)c1Cl. The van der Waals surface area contributed by atoms with E-state index in [1.165, 1.54) is 0 Å². The predicted molar refractivity (Wildman–Crippen MR) is 102 cm³/mol. The lowest BCUT2D eigenvalue weighted by molar-refractivity contribution is 0.552. The highest BCUT2D eigenvalue weighted by atomic mass is 35.5. The number of nitrogens with one attached hydrogen (secondary N) is 1. The zero-order valence-electron chi connectivity index (χ0n) is 13.8. The number of hydrogen-bond acceptors (Lipinski definition) is 2. The van der Waals surface area contributed by atoms with Gasteiger partial charge in [0.15, 0.2) is 0 Å². The summed E-state index contributed by atoms with van der Waals surface area (Å²) in [6.45, 7) is 7.01. The van der Waals surface area contributed by atoms with Crippen LogP contribution in [0, 0.1) is 13.8 Å². The van der Waals surface area contributed by atoms with Crippen LogP contribution in [-0.2, 0) is 0 Å². The predicted octanol–water partition coefficient (Wildman–Crippen LogP) is 5.97. The third kappa shape index (κ3) is 4.63. The summed E-state index contributed by atoms with van der Waals surface area (Å²) in [5, 5.41) is 4.64. The standard InChI is InChI=1S/C18H21Cl2N3/c1-5-23(4)11-21-16-8-12(2)9-17(18(16)20)22-15-10-14(19)7-6-13(15)3/h6-11,22H,5H2,1-4H3/b21-11-. The van der Waals surface area contributed by atoms with Crippen molar-refractivity contribution in [2.75, 3.05) is 18.9 Å². The van der Waals surface area contributed by atoms with Crippen molar-refractivity contribution in [2.24, 2.45) is 4.99 Å². The fraction of sp³-hybridized carbons (Fsp3) is 0.278. The van der Waals surface area contributed by atoms with Gasteiger partial charge in [0.05, 0.1) is 22.7 Å². The van der Waals surface area contributed by atoms with Crippen LogP contribution in [-0.4, -0.2) is 24.8 Å². The minimum Gasteiger partial charge on any atom is -0.366 e. The monoisotopic (exact) mass is 349 g/mol. The molecule has 0 aliphatic rings. The Bertz CT molecular complexity index is 726. The third-order valence-electron chi connectivity index (χ3n) is 3.56. The maximum atomic E-state index is 6.52. The van der Waals surface area contributed by atoms with Gasteiger partial charge in [-0.3, -0.25) is 0 Å². The van der Waals surface area contributed by atoms with E-state index in [4.69, 9.17) is 23.2 Å². The van der Waals surface area contributed by atoms with Crippen LogP contribution in [0.4, 0.5) is 17.1 Å². The first-order valence-electron chi connectivity index (χ1n) is 7.48. The Hall–Kier alpha value is -1.71. The number of rotatable bonds is 5. The molecule has 2 rings (SSSR count). The molecule has 1 N–H and O–H groups in total. The van der Waals surface area contributed by atoms with E-state index in [1.807, 2.05) is 56.1 Å². The molecule has 0 aliphatic carbocycles. The fourth-order valence-corrected chi connectivity index (χ4v) is 2.43. The van der Waals surface area contributed by atoms with Crippen molar-refractivity contribution in [3.05, 3.63) is 51.5 Å². The zero-order chi connectivity index (χ0) is 17.0. The number of halogens is 2. The topological polar surface area (TPSA) is 27.6 Å². The van der Waals surface area contributed by atoms with Gasteiger partial charge in [0.1, 0.15) is 0 Å². The van der Waals surface area contributed by atoms with Gasteiger partial charge in [0.25, 0.3) is 0 Å². The largest absolute Gasteiger partial charge is 0.366 e. The smallest absolute Gasteiger partial charge is 0.0910 e. The number of anilines is 2. The highest BCUT2D eigenvalue weighted by Crippen LogP contribution is 2.36. The quantitative estimate of drug-likeness (QED) is 0.532. The summed E-state index contributed by atoms with van der Waals surface area (Å²) in [5.41, 5.74) is 4.69. The molecule has 0 radical (unpaired) electrons. The first-order chi connectivity index (χ1) is 10.9. The van der Waals surface area contributed by atoms with Crippen LogP contribution in [0.2, 0.25) is 10.0 Å². The molecule has 3 nitrogen and oxygen atoms in total. The summed E-state index contributed by atoms with van der Waals surface area (Å²) in [4.78, 5) is 6.48. The highest BCUT2D eigenvalue weighted by molar-refractivity contribution is 6.36. The molecule has 0 spiro atoms. The Morgan fingerprint density at radius 2 is 1.87 bits per heavy atom. The molecule has 0 amide bonds. The second kappa shape index (κ2) is 7.71. The van der Waals surface area contributed by atoms with Crippen LogP contribution in [0.5, 0.6) is 0 Å². The molecular weight excluding hydrogens is 329 g/mol. The van der Waals surface area contributed by atoms with Crippen molar-refractivity contribution >= 4 is 46.6 Å². The van der Waals surface area contributed by atoms with Crippen molar-refractivity contribution in [3.8, 4) is 0 Å². The molecule has 0 saturated carbocycles. The Morgan fingerprint density at radius 1 is 1.13 bits per heavy atom. The van der Waals surface area contributed by atoms with Crippen LogP contribution in [0.25, 0.3) is 0 Å². The molecule has 0 aliphatic heterocycles. The molecule has 0 aromatic heterocycles. The molecule has 0 heterocycles. The van der Waals surface area contributed by atoms with E-state index < -0.39 is 0 Å².